The summed E-state index contributed by atoms with van der Waals surface area (Å²) < 4.78 is 0. The van der Waals surface area contributed by atoms with Crippen molar-refractivity contribution >= 4 is 23.1 Å². The first-order valence-corrected chi connectivity index (χ1v) is 5.83. The molecule has 0 fully saturated rings. The number of anilines is 2. The van der Waals surface area contributed by atoms with Crippen LogP contribution in [0.3, 0.4) is 0 Å². The molecule has 0 amide bonds. The SMILES string of the molecule is Cc1nc(Cl)c(N)c(N[C@H]2C=C[C@@H](CO)C2)n1. The molecule has 2 atom stereocenters. The molecule has 6 heteroatoms. The average molecular weight is 255 g/mol. The van der Waals surface area contributed by atoms with Crippen LogP contribution in [0.2, 0.25) is 5.15 Å². The zero-order chi connectivity index (χ0) is 12.4. The fourth-order valence-corrected chi connectivity index (χ4v) is 2.06. The number of aryl methyl sites for hydroxylation is 1. The third-order valence-electron chi connectivity index (χ3n) is 2.74. The minimum absolute atomic E-state index is 0.125. The first kappa shape index (κ1) is 12.1. The lowest BCUT2D eigenvalue weighted by atomic mass is 10.1. The molecule has 0 aliphatic heterocycles. The Morgan fingerprint density at radius 3 is 2.94 bits per heavy atom. The third kappa shape index (κ3) is 2.68. The fraction of sp³-hybridized carbons (Fsp3) is 0.455. The van der Waals surface area contributed by atoms with Gasteiger partial charge in [0.2, 0.25) is 0 Å². The van der Waals surface area contributed by atoms with Crippen LogP contribution in [0, 0.1) is 12.8 Å². The van der Waals surface area contributed by atoms with E-state index in [0.717, 1.165) is 6.42 Å². The Balaban J connectivity index is 2.12. The van der Waals surface area contributed by atoms with Crippen LogP contribution in [-0.4, -0.2) is 27.7 Å². The predicted octanol–water partition coefficient (Wildman–Crippen LogP) is 1.37. The van der Waals surface area contributed by atoms with Crippen molar-refractivity contribution in [1.82, 2.24) is 9.97 Å². The molecule has 17 heavy (non-hydrogen) atoms. The maximum atomic E-state index is 9.04. The van der Waals surface area contributed by atoms with Crippen LogP contribution < -0.4 is 11.1 Å². The van der Waals surface area contributed by atoms with Crippen LogP contribution in [0.5, 0.6) is 0 Å². The van der Waals surface area contributed by atoms with Gasteiger partial charge in [0.05, 0.1) is 0 Å². The standard InChI is InChI=1S/C11H15ClN4O/c1-6-14-10(12)9(13)11(15-6)16-8-3-2-7(4-8)5-17/h2-3,7-8,17H,4-5,13H2,1H3,(H,14,15,16)/t7-,8+/m1/s1. The zero-order valence-corrected chi connectivity index (χ0v) is 10.3. The number of nitrogen functional groups attached to an aromatic ring is 1. The lowest BCUT2D eigenvalue weighted by Gasteiger charge is -2.15. The van der Waals surface area contributed by atoms with Crippen molar-refractivity contribution in [1.29, 1.82) is 0 Å². The highest BCUT2D eigenvalue weighted by Crippen LogP contribution is 2.27. The molecule has 1 aliphatic rings. The van der Waals surface area contributed by atoms with Gasteiger partial charge in [-0.1, -0.05) is 23.8 Å². The number of rotatable bonds is 3. The second-order valence-electron chi connectivity index (χ2n) is 4.14. The van der Waals surface area contributed by atoms with Gasteiger partial charge in [-0.25, -0.2) is 9.97 Å². The molecule has 0 radical (unpaired) electrons. The number of hydrogen-bond acceptors (Lipinski definition) is 5. The topological polar surface area (TPSA) is 84.1 Å². The van der Waals surface area contributed by atoms with Crippen molar-refractivity contribution < 1.29 is 5.11 Å². The summed E-state index contributed by atoms with van der Waals surface area (Å²) in [5.41, 5.74) is 6.16. The molecule has 1 aliphatic carbocycles. The monoisotopic (exact) mass is 254 g/mol. The number of hydrogen-bond donors (Lipinski definition) is 3. The Kier molecular flexibility index (Phi) is 3.49. The highest BCUT2D eigenvalue weighted by molar-refractivity contribution is 6.32. The van der Waals surface area contributed by atoms with Gasteiger partial charge in [0, 0.05) is 18.6 Å². The lowest BCUT2D eigenvalue weighted by Crippen LogP contribution is -2.19. The molecule has 1 heterocycles. The Morgan fingerprint density at radius 2 is 2.29 bits per heavy atom. The molecule has 1 aromatic rings. The Hall–Kier alpha value is -1.33. The van der Waals surface area contributed by atoms with Crippen molar-refractivity contribution in [3.63, 3.8) is 0 Å². The summed E-state index contributed by atoms with van der Waals surface area (Å²) in [7, 11) is 0. The normalized spacial score (nSPS) is 23.0. The highest BCUT2D eigenvalue weighted by atomic mass is 35.5. The molecule has 2 rings (SSSR count). The van der Waals surface area contributed by atoms with Crippen molar-refractivity contribution in [3.05, 3.63) is 23.1 Å². The number of aliphatic hydroxyl groups is 1. The van der Waals surface area contributed by atoms with E-state index < -0.39 is 0 Å². The summed E-state index contributed by atoms with van der Waals surface area (Å²) in [6.07, 6.45) is 4.83. The van der Waals surface area contributed by atoms with E-state index >= 15 is 0 Å². The van der Waals surface area contributed by atoms with Gasteiger partial charge in [0.25, 0.3) is 0 Å². The van der Waals surface area contributed by atoms with Crippen molar-refractivity contribution in [2.24, 2.45) is 5.92 Å². The number of nitrogens with zero attached hydrogens (tertiary/aromatic N) is 2. The number of nitrogens with one attached hydrogen (secondary N) is 1. The van der Waals surface area contributed by atoms with E-state index in [-0.39, 0.29) is 23.7 Å². The van der Waals surface area contributed by atoms with Crippen LogP contribution in [0.25, 0.3) is 0 Å². The van der Waals surface area contributed by atoms with E-state index in [2.05, 4.69) is 15.3 Å². The molecule has 5 nitrogen and oxygen atoms in total. The van der Waals surface area contributed by atoms with Crippen molar-refractivity contribution in [3.8, 4) is 0 Å². The van der Waals surface area contributed by atoms with Gasteiger partial charge in [0.1, 0.15) is 11.5 Å². The number of aliphatic hydroxyl groups excluding tert-OH is 1. The summed E-state index contributed by atoms with van der Waals surface area (Å²) in [6.45, 7) is 1.92. The number of halogens is 1. The quantitative estimate of drug-likeness (QED) is 0.560. The maximum Gasteiger partial charge on any atom is 0.157 e. The molecule has 0 aromatic carbocycles. The molecule has 0 saturated heterocycles. The first-order chi connectivity index (χ1) is 8.10. The van der Waals surface area contributed by atoms with Gasteiger partial charge in [-0.2, -0.15) is 0 Å². The maximum absolute atomic E-state index is 9.04. The summed E-state index contributed by atoms with van der Waals surface area (Å²) in [4.78, 5) is 8.19. The third-order valence-corrected chi connectivity index (χ3v) is 3.03. The smallest absolute Gasteiger partial charge is 0.157 e. The highest BCUT2D eigenvalue weighted by Gasteiger charge is 2.19. The summed E-state index contributed by atoms with van der Waals surface area (Å²) in [5.74, 6) is 1.33. The lowest BCUT2D eigenvalue weighted by molar-refractivity contribution is 0.250. The Morgan fingerprint density at radius 1 is 1.53 bits per heavy atom. The van der Waals surface area contributed by atoms with Crippen molar-refractivity contribution in [2.45, 2.75) is 19.4 Å². The minimum Gasteiger partial charge on any atom is -0.396 e. The Bertz CT molecular complexity index is 449. The summed E-state index contributed by atoms with van der Waals surface area (Å²) in [5, 5.41) is 12.5. The summed E-state index contributed by atoms with van der Waals surface area (Å²) >= 11 is 5.89. The second kappa shape index (κ2) is 4.89. The van der Waals surface area contributed by atoms with Gasteiger partial charge >= 0.3 is 0 Å². The van der Waals surface area contributed by atoms with E-state index in [0.29, 0.717) is 17.3 Å². The van der Waals surface area contributed by atoms with Crippen molar-refractivity contribution in [2.75, 3.05) is 17.7 Å². The van der Waals surface area contributed by atoms with Crippen LogP contribution >= 0.6 is 11.6 Å². The molecular formula is C11H15ClN4O. The first-order valence-electron chi connectivity index (χ1n) is 5.45. The molecular weight excluding hydrogens is 240 g/mol. The average Bonchev–Trinajstić information content (AvgIpc) is 2.73. The van der Waals surface area contributed by atoms with E-state index in [1.807, 2.05) is 12.2 Å². The van der Waals surface area contributed by atoms with Gasteiger partial charge in [-0.05, 0) is 13.3 Å². The number of aromatic nitrogens is 2. The van der Waals surface area contributed by atoms with Gasteiger partial charge < -0.3 is 16.2 Å². The molecule has 1 aromatic heterocycles. The van der Waals surface area contributed by atoms with Crippen LogP contribution in [0.15, 0.2) is 12.2 Å². The van der Waals surface area contributed by atoms with Gasteiger partial charge in [0.15, 0.2) is 11.0 Å². The molecule has 4 N–H and O–H groups in total. The van der Waals surface area contributed by atoms with E-state index in [1.54, 1.807) is 6.92 Å². The van der Waals surface area contributed by atoms with Crippen LogP contribution in [0.1, 0.15) is 12.2 Å². The van der Waals surface area contributed by atoms with Crippen LogP contribution in [-0.2, 0) is 0 Å². The minimum atomic E-state index is 0.125. The molecule has 0 saturated carbocycles. The second-order valence-corrected chi connectivity index (χ2v) is 4.50. The fourth-order valence-electron chi connectivity index (χ4n) is 1.85. The molecule has 0 bridgehead atoms. The molecule has 0 spiro atoms. The van der Waals surface area contributed by atoms with E-state index in [4.69, 9.17) is 22.4 Å². The van der Waals surface area contributed by atoms with Gasteiger partial charge in [-0.15, -0.1) is 0 Å². The van der Waals surface area contributed by atoms with E-state index in [9.17, 15) is 0 Å². The van der Waals surface area contributed by atoms with E-state index in [1.165, 1.54) is 0 Å². The molecule has 92 valence electrons. The Labute approximate surface area is 105 Å². The largest absolute Gasteiger partial charge is 0.396 e. The van der Waals surface area contributed by atoms with Gasteiger partial charge in [-0.3, -0.25) is 0 Å². The molecule has 0 unspecified atom stereocenters. The van der Waals surface area contributed by atoms with Crippen LogP contribution in [0.4, 0.5) is 11.5 Å². The number of nitrogens with two attached hydrogens (primary N) is 1. The predicted molar refractivity (Wildman–Crippen MR) is 67.9 cm³/mol. The summed E-state index contributed by atoms with van der Waals surface area (Å²) in [6, 6.07) is 0.125. The zero-order valence-electron chi connectivity index (χ0n) is 9.52.